The highest BCUT2D eigenvalue weighted by molar-refractivity contribution is 5.92. The van der Waals surface area contributed by atoms with Crippen molar-refractivity contribution in [1.82, 2.24) is 0 Å². The van der Waals surface area contributed by atoms with Gasteiger partial charge in [0, 0.05) is 18.5 Å². The average Bonchev–Trinajstić information content (AvgIpc) is 2.90. The van der Waals surface area contributed by atoms with Gasteiger partial charge < -0.3 is 45.9 Å². The number of aromatic nitrogens is 1. The Morgan fingerprint density at radius 3 is 2.33 bits per heavy atom. The fraction of sp³-hybridized carbons (Fsp3) is 0.467. The first kappa shape index (κ1) is 22.4. The molecule has 7 N–H and O–H groups in total. The average molecular weight is 388 g/mol. The molecule has 27 heavy (non-hydrogen) atoms. The monoisotopic (exact) mass is 388 g/mol. The lowest BCUT2D eigenvalue weighted by Gasteiger charge is -2.09. The predicted molar refractivity (Wildman–Crippen MR) is 81.4 cm³/mol. The molecule has 1 aromatic rings. The maximum Gasteiger partial charge on any atom is 0.332 e. The second-order valence-corrected chi connectivity index (χ2v) is 5.56. The van der Waals surface area contributed by atoms with E-state index in [1.807, 2.05) is 0 Å². The van der Waals surface area contributed by atoms with Crippen LogP contribution < -0.4 is 15.4 Å². The van der Waals surface area contributed by atoms with E-state index in [1.54, 1.807) is 12.3 Å². The zero-order valence-electron chi connectivity index (χ0n) is 13.9. The molecule has 1 amide bonds. The van der Waals surface area contributed by atoms with Gasteiger partial charge in [0.1, 0.15) is 17.8 Å². The molecule has 2 heterocycles. The molecule has 1 fully saturated rings. The van der Waals surface area contributed by atoms with Crippen molar-refractivity contribution >= 4 is 17.8 Å². The van der Waals surface area contributed by atoms with E-state index >= 15 is 0 Å². The summed E-state index contributed by atoms with van der Waals surface area (Å²) in [6.45, 7) is -0.398. The molecule has 12 heteroatoms. The van der Waals surface area contributed by atoms with Gasteiger partial charge in [0.05, 0.1) is 6.61 Å². The number of rotatable bonds is 6. The zero-order valence-corrected chi connectivity index (χ0v) is 13.9. The number of hydrogen-bond acceptors (Lipinski definition) is 9. The molecular weight excluding hydrogens is 368 g/mol. The van der Waals surface area contributed by atoms with Crippen LogP contribution in [0, 0.1) is 0 Å². The van der Waals surface area contributed by atoms with Gasteiger partial charge in [0.25, 0.3) is 12.1 Å². The van der Waals surface area contributed by atoms with Crippen molar-refractivity contribution in [2.75, 3.05) is 6.61 Å². The maximum absolute atomic E-state index is 11.1. The molecule has 0 saturated carbocycles. The summed E-state index contributed by atoms with van der Waals surface area (Å²) in [4.78, 5) is 30.3. The molecule has 2 rings (SSSR count). The normalized spacial score (nSPS) is 25.2. The molecule has 1 aromatic heterocycles. The summed E-state index contributed by atoms with van der Waals surface area (Å²) in [6.07, 6.45) is -3.80. The summed E-state index contributed by atoms with van der Waals surface area (Å²) in [5.74, 6) is -3.74. The van der Waals surface area contributed by atoms with Gasteiger partial charge in [-0.25, -0.2) is 4.79 Å². The first-order valence-electron chi connectivity index (χ1n) is 7.62. The van der Waals surface area contributed by atoms with Gasteiger partial charge in [0.2, 0.25) is 0 Å². The number of carboxylic acid groups (broad SMARTS) is 2. The Labute approximate surface area is 152 Å². The van der Waals surface area contributed by atoms with Crippen LogP contribution in [0.3, 0.4) is 0 Å². The van der Waals surface area contributed by atoms with Crippen LogP contribution in [0.2, 0.25) is 0 Å². The number of nitrogens with two attached hydrogens (primary N) is 1. The Morgan fingerprint density at radius 2 is 1.93 bits per heavy atom. The molecule has 0 radical (unpaired) electrons. The van der Waals surface area contributed by atoms with Crippen LogP contribution in [-0.2, 0) is 14.3 Å². The van der Waals surface area contributed by atoms with E-state index in [9.17, 15) is 29.7 Å². The third kappa shape index (κ3) is 6.23. The summed E-state index contributed by atoms with van der Waals surface area (Å²) in [6, 6.07) is 3.11. The van der Waals surface area contributed by atoms with Crippen LogP contribution >= 0.6 is 0 Å². The Kier molecular flexibility index (Phi) is 8.21. The second kappa shape index (κ2) is 9.89. The van der Waals surface area contributed by atoms with Crippen molar-refractivity contribution in [3.05, 3.63) is 30.1 Å². The minimum absolute atomic E-state index is 0.259. The zero-order chi connectivity index (χ0) is 20.7. The Hall–Kier alpha value is -2.64. The third-order valence-electron chi connectivity index (χ3n) is 3.56. The molecule has 12 nitrogen and oxygen atoms in total. The molecule has 1 aliphatic rings. The van der Waals surface area contributed by atoms with E-state index in [0.29, 0.717) is 0 Å². The summed E-state index contributed by atoms with van der Waals surface area (Å²) in [5, 5.41) is 54.2. The summed E-state index contributed by atoms with van der Waals surface area (Å²) in [5.41, 5.74) is 5.41. The molecule has 1 saturated heterocycles. The molecule has 0 aliphatic carbocycles. The van der Waals surface area contributed by atoms with E-state index in [-0.39, 0.29) is 5.56 Å². The van der Waals surface area contributed by atoms with Crippen LogP contribution in [-0.4, -0.2) is 74.4 Å². The topological polar surface area (TPSA) is 215 Å². The Bertz CT molecular complexity index is 682. The number of hydrogen-bond donors (Lipinski definition) is 6. The van der Waals surface area contributed by atoms with Crippen LogP contribution in [0.25, 0.3) is 0 Å². The number of carbonyl (C=O) groups excluding carboxylic acids is 2. The van der Waals surface area contributed by atoms with Gasteiger partial charge in [-0.05, 0) is 6.07 Å². The van der Waals surface area contributed by atoms with Gasteiger partial charge >= 0.3 is 5.97 Å². The molecule has 0 bridgehead atoms. The number of carbonyl (C=O) groups is 3. The molecule has 1 aliphatic heterocycles. The molecule has 0 spiro atoms. The smallest absolute Gasteiger partial charge is 0.332 e. The van der Waals surface area contributed by atoms with Crippen LogP contribution in [0.1, 0.15) is 23.0 Å². The first-order valence-corrected chi connectivity index (χ1v) is 7.62. The number of primary amides is 1. The summed E-state index contributed by atoms with van der Waals surface area (Å²) in [7, 11) is 0. The second-order valence-electron chi connectivity index (χ2n) is 5.56. The first-order chi connectivity index (χ1) is 12.6. The third-order valence-corrected chi connectivity index (χ3v) is 3.56. The van der Waals surface area contributed by atoms with Crippen molar-refractivity contribution in [3.8, 4) is 0 Å². The van der Waals surface area contributed by atoms with Gasteiger partial charge in [-0.2, -0.15) is 4.57 Å². The number of aliphatic hydroxyl groups excluding tert-OH is 4. The van der Waals surface area contributed by atoms with Crippen molar-refractivity contribution in [2.24, 2.45) is 5.73 Å². The molecule has 4 unspecified atom stereocenters. The number of amides is 1. The minimum atomic E-state index is -1.85. The summed E-state index contributed by atoms with van der Waals surface area (Å²) >= 11 is 0. The number of ether oxygens (including phenoxy) is 1. The predicted octanol–water partition coefficient (Wildman–Crippen LogP) is -4.74. The van der Waals surface area contributed by atoms with E-state index in [0.717, 1.165) is 0 Å². The number of aliphatic hydroxyl groups is 4. The van der Waals surface area contributed by atoms with E-state index < -0.39 is 61.5 Å². The minimum Gasteiger partial charge on any atom is -0.550 e. The fourth-order valence-electron chi connectivity index (χ4n) is 2.17. The van der Waals surface area contributed by atoms with Gasteiger partial charge in [0.15, 0.2) is 24.6 Å². The van der Waals surface area contributed by atoms with Crippen molar-refractivity contribution in [3.63, 3.8) is 0 Å². The highest BCUT2D eigenvalue weighted by atomic mass is 16.6. The highest BCUT2D eigenvalue weighted by Gasteiger charge is 2.47. The van der Waals surface area contributed by atoms with Crippen molar-refractivity contribution in [1.29, 1.82) is 0 Å². The number of nitrogens with zero attached hydrogens (tertiary/aromatic N) is 1. The molecule has 0 aromatic carbocycles. The van der Waals surface area contributed by atoms with E-state index in [4.69, 9.17) is 25.8 Å². The Balaban J connectivity index is 0.000000345. The van der Waals surface area contributed by atoms with Crippen LogP contribution in [0.15, 0.2) is 24.5 Å². The number of carboxylic acids is 2. The molecule has 150 valence electrons. The largest absolute Gasteiger partial charge is 0.550 e. The number of aliphatic carboxylic acids is 2. The van der Waals surface area contributed by atoms with E-state index in [2.05, 4.69) is 0 Å². The van der Waals surface area contributed by atoms with Gasteiger partial charge in [-0.15, -0.1) is 0 Å². The van der Waals surface area contributed by atoms with Gasteiger partial charge in [-0.1, -0.05) is 0 Å². The SMILES string of the molecule is NC(=O)c1ccc[n+]([C@@H]2OC(CO)C(O)C2O)c1.O=C([O-])CC(O)C(=O)O. The molecular formula is C15H20N2O10. The standard InChI is InChI=1S/C11H14N2O5.C4H6O5/c12-10(17)6-2-1-3-13(4-6)11-9(16)8(15)7(5-14)18-11;5-2(4(8)9)1-3(6)7/h1-4,7-9,11,14-16H,5H2,(H-,12,17);2,5H,1H2,(H,6,7)(H,8,9)/t7?,8?,9?,11-;/m1./s1. The summed E-state index contributed by atoms with van der Waals surface area (Å²) < 4.78 is 6.75. The lowest BCUT2D eigenvalue weighted by molar-refractivity contribution is -0.765. The highest BCUT2D eigenvalue weighted by Crippen LogP contribution is 2.24. The molecule has 5 atom stereocenters. The number of pyridine rings is 1. The Morgan fingerprint density at radius 1 is 1.30 bits per heavy atom. The van der Waals surface area contributed by atoms with Crippen LogP contribution in [0.4, 0.5) is 0 Å². The maximum atomic E-state index is 11.1. The fourth-order valence-corrected chi connectivity index (χ4v) is 2.17. The van der Waals surface area contributed by atoms with E-state index in [1.165, 1.54) is 16.8 Å². The van der Waals surface area contributed by atoms with Crippen molar-refractivity contribution < 1.29 is 54.3 Å². The van der Waals surface area contributed by atoms with Crippen molar-refractivity contribution in [2.45, 2.75) is 37.1 Å². The van der Waals surface area contributed by atoms with Gasteiger partial charge in [-0.3, -0.25) is 4.79 Å². The quantitative estimate of drug-likeness (QED) is 0.256. The van der Waals surface area contributed by atoms with Crippen LogP contribution in [0.5, 0.6) is 0 Å². The lowest BCUT2D eigenvalue weighted by Crippen LogP contribution is -2.46. The lowest BCUT2D eigenvalue weighted by atomic mass is 10.1.